The van der Waals surface area contributed by atoms with Crippen LogP contribution in [0.5, 0.6) is 0 Å². The van der Waals surface area contributed by atoms with Crippen molar-refractivity contribution in [1.29, 1.82) is 0 Å². The first-order valence-corrected chi connectivity index (χ1v) is 12.0. The van der Waals surface area contributed by atoms with Crippen molar-refractivity contribution in [3.63, 3.8) is 0 Å². The summed E-state index contributed by atoms with van der Waals surface area (Å²) in [5.41, 5.74) is 1.09. The van der Waals surface area contributed by atoms with Gasteiger partial charge in [-0.3, -0.25) is 9.59 Å². The summed E-state index contributed by atoms with van der Waals surface area (Å²) in [6.07, 6.45) is 0.530. The number of hydrogen-bond donors (Lipinski definition) is 2. The van der Waals surface area contributed by atoms with Crippen molar-refractivity contribution in [2.45, 2.75) is 34.8 Å². The number of para-hydroxylation sites is 1. The third-order valence-corrected chi connectivity index (χ3v) is 8.09. The van der Waals surface area contributed by atoms with Crippen LogP contribution >= 0.6 is 27.7 Å². The molecule has 0 saturated carbocycles. The van der Waals surface area contributed by atoms with E-state index in [1.54, 1.807) is 24.3 Å². The molecule has 2 N–H and O–H groups in total. The molecule has 148 valence electrons. The molecule has 0 spiro atoms. The van der Waals surface area contributed by atoms with Crippen molar-refractivity contribution in [1.82, 2.24) is 0 Å². The summed E-state index contributed by atoms with van der Waals surface area (Å²) < 4.78 is 26.0. The largest absolute Gasteiger partial charge is 0.325 e. The van der Waals surface area contributed by atoms with E-state index in [0.717, 1.165) is 9.37 Å². The van der Waals surface area contributed by atoms with Crippen LogP contribution in [-0.2, 0) is 19.4 Å². The Balaban J connectivity index is 1.68. The first-order valence-electron chi connectivity index (χ1n) is 8.69. The van der Waals surface area contributed by atoms with Crippen LogP contribution in [0.3, 0.4) is 0 Å². The van der Waals surface area contributed by atoms with E-state index in [-0.39, 0.29) is 34.1 Å². The maximum Gasteiger partial charge on any atom is 0.237 e. The highest BCUT2D eigenvalue weighted by molar-refractivity contribution is 9.10. The second kappa shape index (κ2) is 8.67. The van der Waals surface area contributed by atoms with Gasteiger partial charge in [-0.05, 0) is 52.7 Å². The van der Waals surface area contributed by atoms with Crippen LogP contribution in [0.2, 0.25) is 0 Å². The molecule has 2 amide bonds. The van der Waals surface area contributed by atoms with Crippen LogP contribution in [0.4, 0.5) is 11.4 Å². The Morgan fingerprint density at radius 1 is 1.25 bits per heavy atom. The zero-order valence-corrected chi connectivity index (χ0v) is 18.3. The van der Waals surface area contributed by atoms with Crippen LogP contribution in [0.25, 0.3) is 0 Å². The van der Waals surface area contributed by atoms with Crippen LogP contribution in [0, 0.1) is 0 Å². The lowest BCUT2D eigenvalue weighted by molar-refractivity contribution is -0.116. The summed E-state index contributed by atoms with van der Waals surface area (Å²) in [5, 5.41) is 5.29. The van der Waals surface area contributed by atoms with Gasteiger partial charge in [0.05, 0.1) is 27.3 Å². The van der Waals surface area contributed by atoms with Crippen molar-refractivity contribution < 1.29 is 18.0 Å². The molecule has 1 atom stereocenters. The van der Waals surface area contributed by atoms with Crippen molar-refractivity contribution >= 4 is 60.7 Å². The zero-order valence-electron chi connectivity index (χ0n) is 15.1. The van der Waals surface area contributed by atoms with E-state index in [0.29, 0.717) is 17.8 Å². The summed E-state index contributed by atoms with van der Waals surface area (Å²) in [5.74, 6) is -0.828. The summed E-state index contributed by atoms with van der Waals surface area (Å²) in [4.78, 5) is 25.1. The third-order valence-electron chi connectivity index (χ3n) is 4.25. The standard InChI is InChI=1S/C19H19BrN2O4S2/c1-2-16-19(24)22-15-11-12(7-8-17(15)27-16)28(25,26)10-9-18(23)21-14-6-4-3-5-13(14)20/h3-8,11,16H,2,9-10H2,1H3,(H,21,23)(H,22,24)/t16-/m1/s1. The Morgan fingerprint density at radius 2 is 2.00 bits per heavy atom. The molecule has 1 aliphatic heterocycles. The highest BCUT2D eigenvalue weighted by Crippen LogP contribution is 2.38. The van der Waals surface area contributed by atoms with Crippen molar-refractivity contribution in [2.24, 2.45) is 0 Å². The number of fused-ring (bicyclic) bond motifs is 1. The van der Waals surface area contributed by atoms with Gasteiger partial charge in [-0.2, -0.15) is 0 Å². The second-order valence-electron chi connectivity index (χ2n) is 6.26. The first-order chi connectivity index (χ1) is 13.3. The highest BCUT2D eigenvalue weighted by Gasteiger charge is 2.27. The first kappa shape index (κ1) is 20.9. The van der Waals surface area contributed by atoms with Crippen LogP contribution in [-0.4, -0.2) is 31.2 Å². The molecule has 0 bridgehead atoms. The molecular formula is C19H19BrN2O4S2. The molecular weight excluding hydrogens is 464 g/mol. The van der Waals surface area contributed by atoms with Gasteiger partial charge < -0.3 is 10.6 Å². The maximum atomic E-state index is 12.6. The summed E-state index contributed by atoms with van der Waals surface area (Å²) in [6.45, 7) is 1.93. The van der Waals surface area contributed by atoms with Gasteiger partial charge in [-0.1, -0.05) is 19.1 Å². The summed E-state index contributed by atoms with van der Waals surface area (Å²) in [6, 6.07) is 11.8. The topological polar surface area (TPSA) is 92.3 Å². The normalized spacial score (nSPS) is 16.2. The highest BCUT2D eigenvalue weighted by atomic mass is 79.9. The molecule has 0 aromatic heterocycles. The van der Waals surface area contributed by atoms with Gasteiger partial charge in [0.2, 0.25) is 11.8 Å². The van der Waals surface area contributed by atoms with E-state index >= 15 is 0 Å². The smallest absolute Gasteiger partial charge is 0.237 e. The molecule has 28 heavy (non-hydrogen) atoms. The average Bonchev–Trinajstić information content (AvgIpc) is 2.67. The van der Waals surface area contributed by atoms with Gasteiger partial charge in [-0.15, -0.1) is 11.8 Å². The van der Waals surface area contributed by atoms with Gasteiger partial charge in [0.25, 0.3) is 0 Å². The third kappa shape index (κ3) is 4.76. The maximum absolute atomic E-state index is 12.6. The molecule has 0 saturated heterocycles. The number of rotatable bonds is 6. The fraction of sp³-hybridized carbons (Fsp3) is 0.263. The predicted molar refractivity (Wildman–Crippen MR) is 114 cm³/mol. The van der Waals surface area contributed by atoms with E-state index in [1.807, 2.05) is 13.0 Å². The Kier molecular flexibility index (Phi) is 6.47. The number of hydrogen-bond acceptors (Lipinski definition) is 5. The lowest BCUT2D eigenvalue weighted by Crippen LogP contribution is -2.28. The second-order valence-corrected chi connectivity index (χ2v) is 10.5. The van der Waals surface area contributed by atoms with Crippen molar-refractivity contribution in [3.05, 3.63) is 46.9 Å². The number of thioether (sulfide) groups is 1. The fourth-order valence-electron chi connectivity index (χ4n) is 2.71. The number of sulfone groups is 1. The van der Waals surface area contributed by atoms with Gasteiger partial charge in [-0.25, -0.2) is 8.42 Å². The number of carbonyl (C=O) groups excluding carboxylic acids is 2. The molecule has 2 aromatic rings. The van der Waals surface area contributed by atoms with Crippen LogP contribution in [0.15, 0.2) is 56.7 Å². The van der Waals surface area contributed by atoms with E-state index in [9.17, 15) is 18.0 Å². The van der Waals surface area contributed by atoms with Crippen LogP contribution in [0.1, 0.15) is 19.8 Å². The summed E-state index contributed by atoms with van der Waals surface area (Å²) in [7, 11) is -3.66. The Morgan fingerprint density at radius 3 is 2.71 bits per heavy atom. The summed E-state index contributed by atoms with van der Waals surface area (Å²) >= 11 is 4.76. The Hall–Kier alpha value is -1.84. The molecule has 9 heteroatoms. The lowest BCUT2D eigenvalue weighted by atomic mass is 10.2. The number of anilines is 2. The number of carbonyl (C=O) groups is 2. The molecule has 0 radical (unpaired) electrons. The number of halogens is 1. The minimum Gasteiger partial charge on any atom is -0.325 e. The number of amides is 2. The zero-order chi connectivity index (χ0) is 20.3. The minimum absolute atomic E-state index is 0.0933. The predicted octanol–water partition coefficient (Wildman–Crippen LogP) is 4.07. The van der Waals surface area contributed by atoms with E-state index < -0.39 is 9.84 Å². The van der Waals surface area contributed by atoms with Crippen molar-refractivity contribution in [2.75, 3.05) is 16.4 Å². The van der Waals surface area contributed by atoms with Gasteiger partial charge in [0, 0.05) is 15.8 Å². The molecule has 1 aliphatic rings. The molecule has 3 rings (SSSR count). The Labute approximate surface area is 176 Å². The van der Waals surface area contributed by atoms with Gasteiger partial charge in [0.15, 0.2) is 9.84 Å². The quantitative estimate of drug-likeness (QED) is 0.646. The molecule has 0 fully saturated rings. The number of nitrogens with one attached hydrogen (secondary N) is 2. The van der Waals surface area contributed by atoms with E-state index in [2.05, 4.69) is 26.6 Å². The number of benzene rings is 2. The average molecular weight is 483 g/mol. The molecule has 0 aliphatic carbocycles. The van der Waals surface area contributed by atoms with Crippen molar-refractivity contribution in [3.8, 4) is 0 Å². The SMILES string of the molecule is CC[C@H]1Sc2ccc(S(=O)(=O)CCC(=O)Nc3ccccc3Br)cc2NC1=O. The molecule has 0 unspecified atom stereocenters. The van der Waals surface area contributed by atoms with E-state index in [4.69, 9.17) is 0 Å². The fourth-order valence-corrected chi connectivity index (χ4v) is 5.38. The lowest BCUT2D eigenvalue weighted by Gasteiger charge is -2.23. The van der Waals surface area contributed by atoms with Crippen LogP contribution < -0.4 is 10.6 Å². The Bertz CT molecular complexity index is 1020. The monoisotopic (exact) mass is 482 g/mol. The molecule has 2 aromatic carbocycles. The molecule has 6 nitrogen and oxygen atoms in total. The molecule has 1 heterocycles. The van der Waals surface area contributed by atoms with E-state index in [1.165, 1.54) is 23.9 Å². The minimum atomic E-state index is -3.66. The van der Waals surface area contributed by atoms with Gasteiger partial charge in [0.1, 0.15) is 0 Å². The van der Waals surface area contributed by atoms with Gasteiger partial charge >= 0.3 is 0 Å².